The molecule has 1 amide bonds. The molecule has 0 aliphatic carbocycles. The van der Waals surface area contributed by atoms with Crippen LogP contribution in [0.5, 0.6) is 0 Å². The minimum Gasteiger partial charge on any atom is -0.756 e. The summed E-state index contributed by atoms with van der Waals surface area (Å²) in [6, 6.07) is -0.929. The van der Waals surface area contributed by atoms with E-state index in [0.717, 1.165) is 122 Å². The fourth-order valence-electron chi connectivity index (χ4n) is 8.58. The number of rotatable bonds is 57. The maximum atomic E-state index is 13.6. The van der Waals surface area contributed by atoms with E-state index in [1.54, 1.807) is 0 Å². The summed E-state index contributed by atoms with van der Waals surface area (Å²) in [5, 5.41) is 3.01. The molecule has 0 radical (unpaired) electrons. The molecule has 9 nitrogen and oxygen atoms in total. The van der Waals surface area contributed by atoms with Crippen LogP contribution in [0.3, 0.4) is 0 Å². The van der Waals surface area contributed by atoms with Crippen LogP contribution in [-0.4, -0.2) is 69.4 Å². The van der Waals surface area contributed by atoms with Gasteiger partial charge in [-0.15, -0.1) is 0 Å². The van der Waals surface area contributed by atoms with Crippen LogP contribution in [-0.2, 0) is 27.9 Å². The fraction of sp³-hybridized carbons (Fsp3) is 0.662. The van der Waals surface area contributed by atoms with Crippen molar-refractivity contribution in [3.63, 3.8) is 0 Å². The Kier molecular flexibility index (Phi) is 56.5. The number of phosphoric acid groups is 1. The lowest BCUT2D eigenvalue weighted by atomic mass is 10.0. The van der Waals surface area contributed by atoms with Crippen molar-refractivity contribution >= 4 is 19.7 Å². The second-order valence-corrected chi connectivity index (χ2v) is 23.9. The predicted octanol–water partition coefficient (Wildman–Crippen LogP) is 19.8. The number of phosphoric ester groups is 1. The average molecular weight is 1150 g/mol. The molecule has 0 fully saturated rings. The molecule has 0 aromatic rings. The minimum absolute atomic E-state index is 0.0411. The monoisotopic (exact) mass is 1140 g/mol. The zero-order valence-electron chi connectivity index (χ0n) is 52.7. The predicted molar refractivity (Wildman–Crippen MR) is 348 cm³/mol. The molecule has 0 aliphatic rings. The highest BCUT2D eigenvalue weighted by Crippen LogP contribution is 2.38. The van der Waals surface area contributed by atoms with E-state index < -0.39 is 32.5 Å². The summed E-state index contributed by atoms with van der Waals surface area (Å²) >= 11 is 0. The Bertz CT molecular complexity index is 1850. The molecule has 3 atom stereocenters. The first-order chi connectivity index (χ1) is 39.4. The molecule has 0 saturated carbocycles. The van der Waals surface area contributed by atoms with E-state index in [9.17, 15) is 19.0 Å². The fourth-order valence-corrected chi connectivity index (χ4v) is 9.30. The van der Waals surface area contributed by atoms with Gasteiger partial charge in [0.2, 0.25) is 5.91 Å². The van der Waals surface area contributed by atoms with E-state index in [1.807, 2.05) is 33.3 Å². The van der Waals surface area contributed by atoms with Crippen molar-refractivity contribution in [1.29, 1.82) is 0 Å². The molecule has 81 heavy (non-hydrogen) atoms. The van der Waals surface area contributed by atoms with Crippen molar-refractivity contribution in [1.82, 2.24) is 5.32 Å². The van der Waals surface area contributed by atoms with E-state index in [4.69, 9.17) is 13.8 Å². The first kappa shape index (κ1) is 77.2. The number of amides is 1. The quantitative estimate of drug-likeness (QED) is 0.0212. The second kappa shape index (κ2) is 59.3. The Morgan fingerprint density at radius 1 is 0.444 bits per heavy atom. The van der Waals surface area contributed by atoms with Crippen molar-refractivity contribution in [3.05, 3.63) is 134 Å². The molecular weight excluding hydrogens is 1020 g/mol. The molecule has 0 bridgehead atoms. The number of carbonyl (C=O) groups excluding carboxylic acids is 2. The van der Waals surface area contributed by atoms with Gasteiger partial charge < -0.3 is 28.5 Å². The van der Waals surface area contributed by atoms with Crippen molar-refractivity contribution in [2.75, 3.05) is 40.9 Å². The van der Waals surface area contributed by atoms with Gasteiger partial charge in [-0.05, 0) is 122 Å². The third-order valence-corrected chi connectivity index (χ3v) is 14.5. The van der Waals surface area contributed by atoms with Gasteiger partial charge in [0, 0.05) is 12.8 Å². The molecular formula is C71H121N2O7P. The highest BCUT2D eigenvalue weighted by molar-refractivity contribution is 7.45. The number of unbranched alkanes of at least 4 members (excludes halogenated alkanes) is 21. The maximum Gasteiger partial charge on any atom is 0.306 e. The molecule has 0 aliphatic heterocycles. The Morgan fingerprint density at radius 3 is 1.23 bits per heavy atom. The van der Waals surface area contributed by atoms with E-state index in [0.29, 0.717) is 23.9 Å². The lowest BCUT2D eigenvalue weighted by molar-refractivity contribution is -0.870. The standard InChI is InChI=1S/C71H121N2O7P/c1-7-10-13-16-19-22-25-28-30-32-33-34-35-36-37-38-39-41-42-45-48-51-54-57-60-63-70(74)72-68(67-79-81(76,77)78-66-65-73(4,5)6)69(62-59-56-53-50-47-44-27-24-21-18-15-12-9-3)80-71(75)64-61-58-55-52-49-46-43-40-31-29-26-23-20-17-14-11-8-2/h10,13,19-20,22-23,28-31,33-34,36-37,39,41,43,46,52,55,59,62,68-69H,7-9,11-12,14-18,21,24-27,32,35,38,40,42,44-45,47-51,53-54,56-58,60-61,63-67H2,1-6H3,(H-,72,74,76,77)/b13-10-,22-19-,23-20-,30-28-,31-29-,34-33-,37-36-,41-39-,46-43-,55-52-,62-59-. The molecule has 0 spiro atoms. The van der Waals surface area contributed by atoms with Gasteiger partial charge in [-0.2, -0.15) is 0 Å². The zero-order valence-corrected chi connectivity index (χ0v) is 53.6. The van der Waals surface area contributed by atoms with Crippen molar-refractivity contribution in [2.24, 2.45) is 0 Å². The minimum atomic E-state index is -4.73. The van der Waals surface area contributed by atoms with Crippen molar-refractivity contribution < 1.29 is 37.3 Å². The zero-order chi connectivity index (χ0) is 59.3. The number of allylic oxidation sites excluding steroid dienone is 21. The van der Waals surface area contributed by atoms with Gasteiger partial charge in [0.15, 0.2) is 0 Å². The van der Waals surface area contributed by atoms with Gasteiger partial charge in [0.05, 0.1) is 33.8 Å². The summed E-state index contributed by atoms with van der Waals surface area (Å²) in [5.74, 6) is -0.631. The van der Waals surface area contributed by atoms with Crippen LogP contribution in [0.1, 0.15) is 252 Å². The third kappa shape index (κ3) is 60.6. The lowest BCUT2D eigenvalue weighted by Crippen LogP contribution is -2.47. The first-order valence-electron chi connectivity index (χ1n) is 32.5. The number of likely N-dealkylation sites (N-methyl/N-ethyl adjacent to an activating group) is 1. The number of carbonyl (C=O) groups is 2. The number of esters is 1. The van der Waals surface area contributed by atoms with Crippen LogP contribution in [0.2, 0.25) is 0 Å². The summed E-state index contributed by atoms with van der Waals surface area (Å²) in [6.07, 6.45) is 84.2. The molecule has 0 saturated heterocycles. The van der Waals surface area contributed by atoms with Crippen molar-refractivity contribution in [3.8, 4) is 0 Å². The molecule has 1 N–H and O–H groups in total. The van der Waals surface area contributed by atoms with Crippen LogP contribution >= 0.6 is 7.82 Å². The molecule has 10 heteroatoms. The topological polar surface area (TPSA) is 114 Å². The molecule has 0 rings (SSSR count). The molecule has 3 unspecified atom stereocenters. The van der Waals surface area contributed by atoms with E-state index >= 15 is 0 Å². The smallest absolute Gasteiger partial charge is 0.306 e. The van der Waals surface area contributed by atoms with Gasteiger partial charge in [-0.25, -0.2) is 0 Å². The summed E-state index contributed by atoms with van der Waals surface area (Å²) in [5.41, 5.74) is 0. The summed E-state index contributed by atoms with van der Waals surface area (Å²) < 4.78 is 30.3. The normalized spacial score (nSPS) is 14.5. The number of quaternary nitrogens is 1. The molecule has 0 heterocycles. The van der Waals surface area contributed by atoms with Gasteiger partial charge in [0.25, 0.3) is 7.82 Å². The SMILES string of the molecule is CC/C=C\C/C=C\C/C=C\C/C=C\C/C=C\C/C=C\CCCCCCCCC(=O)NC(COP(=O)([O-])OCC[N+](C)(C)C)C(/C=C\CCCCCCCCCCCCC)OC(=O)CCC/C=C\C/C=C\C/C=C\C/C=C\CCCCC. The first-order valence-corrected chi connectivity index (χ1v) is 34.0. The lowest BCUT2D eigenvalue weighted by Gasteiger charge is -2.30. The average Bonchev–Trinajstić information content (AvgIpc) is 3.44. The molecule has 462 valence electrons. The second-order valence-electron chi connectivity index (χ2n) is 22.5. The van der Waals surface area contributed by atoms with Gasteiger partial charge in [-0.3, -0.25) is 14.2 Å². The van der Waals surface area contributed by atoms with Gasteiger partial charge >= 0.3 is 5.97 Å². The number of ether oxygens (including phenoxy) is 1. The number of nitrogens with one attached hydrogen (secondary N) is 1. The summed E-state index contributed by atoms with van der Waals surface area (Å²) in [6.45, 7) is 6.64. The highest BCUT2D eigenvalue weighted by atomic mass is 31.2. The van der Waals surface area contributed by atoms with Crippen molar-refractivity contribution in [2.45, 2.75) is 264 Å². The highest BCUT2D eigenvalue weighted by Gasteiger charge is 2.27. The van der Waals surface area contributed by atoms with E-state index in [2.05, 4.69) is 148 Å². The largest absolute Gasteiger partial charge is 0.756 e. The number of hydrogen-bond donors (Lipinski definition) is 1. The van der Waals surface area contributed by atoms with Crippen LogP contribution in [0.4, 0.5) is 0 Å². The van der Waals surface area contributed by atoms with Crippen LogP contribution < -0.4 is 10.2 Å². The van der Waals surface area contributed by atoms with E-state index in [1.165, 1.54) is 83.5 Å². The van der Waals surface area contributed by atoms with Crippen LogP contribution in [0.15, 0.2) is 134 Å². The van der Waals surface area contributed by atoms with E-state index in [-0.39, 0.29) is 25.4 Å². The maximum absolute atomic E-state index is 13.6. The van der Waals surface area contributed by atoms with Gasteiger partial charge in [0.1, 0.15) is 19.3 Å². The van der Waals surface area contributed by atoms with Crippen LogP contribution in [0.25, 0.3) is 0 Å². The number of hydrogen-bond acceptors (Lipinski definition) is 7. The van der Waals surface area contributed by atoms with Gasteiger partial charge in [-0.1, -0.05) is 251 Å². The third-order valence-electron chi connectivity index (χ3n) is 13.6. The summed E-state index contributed by atoms with van der Waals surface area (Å²) in [4.78, 5) is 40.0. The molecule has 0 aromatic carbocycles. The Labute approximate surface area is 498 Å². The number of nitrogens with zero attached hydrogens (tertiary/aromatic N) is 1. The summed E-state index contributed by atoms with van der Waals surface area (Å²) in [7, 11) is 1.13. The van der Waals surface area contributed by atoms with Crippen LogP contribution in [0, 0.1) is 0 Å². The Hall–Kier alpha value is -3.85. The Morgan fingerprint density at radius 2 is 0.802 bits per heavy atom. The molecule has 0 aromatic heterocycles. The Balaban J connectivity index is 5.33.